The highest BCUT2D eigenvalue weighted by atomic mass is 32.2. The third kappa shape index (κ3) is 4.37. The van der Waals surface area contributed by atoms with Crippen LogP contribution in [0.2, 0.25) is 0 Å². The summed E-state index contributed by atoms with van der Waals surface area (Å²) in [5.41, 5.74) is 1.94. The minimum absolute atomic E-state index is 0.00284. The molecule has 0 saturated carbocycles. The van der Waals surface area contributed by atoms with E-state index in [1.165, 1.54) is 0 Å². The molecular formula is C22H25N3O6S. The number of nitrogens with zero attached hydrogens (tertiary/aromatic N) is 1. The molecule has 1 aliphatic rings. The average molecular weight is 460 g/mol. The Morgan fingerprint density at radius 3 is 2.53 bits per heavy atom. The number of sulfonamides is 1. The predicted molar refractivity (Wildman–Crippen MR) is 119 cm³/mol. The Bertz CT molecular complexity index is 1210. The van der Waals surface area contributed by atoms with E-state index in [1.54, 1.807) is 42.5 Å². The van der Waals surface area contributed by atoms with Gasteiger partial charge in [0, 0.05) is 0 Å². The zero-order valence-electron chi connectivity index (χ0n) is 18.0. The lowest BCUT2D eigenvalue weighted by Crippen LogP contribution is -2.15. The second kappa shape index (κ2) is 8.36. The molecule has 0 atom stereocenters. The summed E-state index contributed by atoms with van der Waals surface area (Å²) in [4.78, 5) is 0.120. The van der Waals surface area contributed by atoms with Crippen molar-refractivity contribution in [2.24, 2.45) is 0 Å². The number of hydrogen-bond acceptors (Lipinski definition) is 7. The van der Waals surface area contributed by atoms with Crippen LogP contribution in [0.5, 0.6) is 17.4 Å². The molecule has 9 nitrogen and oxygen atoms in total. The Labute approximate surface area is 186 Å². The van der Waals surface area contributed by atoms with Crippen LogP contribution in [0.4, 0.5) is 5.82 Å². The number of rotatable bonds is 7. The molecule has 0 fully saturated rings. The van der Waals surface area contributed by atoms with Crippen LogP contribution in [0, 0.1) is 0 Å². The van der Waals surface area contributed by atoms with E-state index in [4.69, 9.17) is 19.3 Å². The lowest BCUT2D eigenvalue weighted by molar-refractivity contribution is 0.174. The van der Waals surface area contributed by atoms with Crippen LogP contribution in [-0.2, 0) is 15.4 Å². The van der Waals surface area contributed by atoms with E-state index in [0.29, 0.717) is 22.6 Å². The lowest BCUT2D eigenvalue weighted by atomic mass is 9.87. The molecule has 0 bridgehead atoms. The van der Waals surface area contributed by atoms with E-state index < -0.39 is 10.0 Å². The second-order valence-electron chi connectivity index (χ2n) is 8.30. The summed E-state index contributed by atoms with van der Waals surface area (Å²) in [7, 11) is -3.91. The fourth-order valence-corrected chi connectivity index (χ4v) is 4.32. The summed E-state index contributed by atoms with van der Waals surface area (Å²) in [5, 5.41) is 15.9. The van der Waals surface area contributed by atoms with E-state index >= 15 is 0 Å². The van der Waals surface area contributed by atoms with Gasteiger partial charge in [-0.3, -0.25) is 9.82 Å². The van der Waals surface area contributed by atoms with Gasteiger partial charge in [-0.25, -0.2) is 8.42 Å². The zero-order valence-corrected chi connectivity index (χ0v) is 18.8. The number of benzene rings is 2. The average Bonchev–Trinajstić information content (AvgIpc) is 3.37. The SMILES string of the molecule is CC(C)(C)c1ccc(S(=O)(=O)Nc2[nH]nc(OCCO)c2-c2ccc3c(c2)OCO3)cc1. The molecular weight excluding hydrogens is 434 g/mol. The van der Waals surface area contributed by atoms with Crippen LogP contribution < -0.4 is 18.9 Å². The molecule has 2 heterocycles. The summed E-state index contributed by atoms with van der Waals surface area (Å²) in [6.45, 7) is 6.08. The molecule has 0 radical (unpaired) electrons. The molecule has 170 valence electrons. The topological polar surface area (TPSA) is 123 Å². The van der Waals surface area contributed by atoms with E-state index in [2.05, 4.69) is 35.7 Å². The largest absolute Gasteiger partial charge is 0.474 e. The summed E-state index contributed by atoms with van der Waals surface area (Å²) in [6, 6.07) is 11.9. The smallest absolute Gasteiger partial charge is 0.263 e. The van der Waals surface area contributed by atoms with Crippen molar-refractivity contribution in [2.75, 3.05) is 24.7 Å². The first kappa shape index (κ1) is 22.0. The highest BCUT2D eigenvalue weighted by molar-refractivity contribution is 7.92. The zero-order chi connectivity index (χ0) is 22.9. The van der Waals surface area contributed by atoms with Crippen LogP contribution >= 0.6 is 0 Å². The number of aliphatic hydroxyl groups excluding tert-OH is 1. The van der Waals surface area contributed by atoms with E-state index in [1.807, 2.05) is 0 Å². The number of aromatic nitrogens is 2. The van der Waals surface area contributed by atoms with Gasteiger partial charge in [0.05, 0.1) is 17.1 Å². The summed E-state index contributed by atoms with van der Waals surface area (Å²) >= 11 is 0. The van der Waals surface area contributed by atoms with Gasteiger partial charge in [0.2, 0.25) is 12.7 Å². The van der Waals surface area contributed by atoms with Crippen molar-refractivity contribution < 1.29 is 27.7 Å². The van der Waals surface area contributed by atoms with Crippen LogP contribution in [0.1, 0.15) is 26.3 Å². The molecule has 3 N–H and O–H groups in total. The van der Waals surface area contributed by atoms with Gasteiger partial charge in [0.25, 0.3) is 10.0 Å². The molecule has 2 aromatic carbocycles. The van der Waals surface area contributed by atoms with E-state index in [9.17, 15) is 8.42 Å². The molecule has 1 aliphatic heterocycles. The van der Waals surface area contributed by atoms with Crippen LogP contribution in [0.15, 0.2) is 47.4 Å². The molecule has 4 rings (SSSR count). The van der Waals surface area contributed by atoms with Gasteiger partial charge in [-0.05, 0) is 40.8 Å². The number of nitrogens with one attached hydrogen (secondary N) is 2. The molecule has 32 heavy (non-hydrogen) atoms. The van der Waals surface area contributed by atoms with Gasteiger partial charge in [0.15, 0.2) is 11.5 Å². The number of hydrogen-bond donors (Lipinski definition) is 3. The minimum atomic E-state index is -3.91. The highest BCUT2D eigenvalue weighted by Crippen LogP contribution is 2.41. The third-order valence-corrected chi connectivity index (χ3v) is 6.36. The number of ether oxygens (including phenoxy) is 3. The summed E-state index contributed by atoms with van der Waals surface area (Å²) < 4.78 is 45.0. The number of anilines is 1. The molecule has 3 aromatic rings. The van der Waals surface area contributed by atoms with Crippen molar-refractivity contribution in [2.45, 2.75) is 31.1 Å². The number of fused-ring (bicyclic) bond motifs is 1. The fraction of sp³-hybridized carbons (Fsp3) is 0.318. The Balaban J connectivity index is 1.70. The van der Waals surface area contributed by atoms with Crippen molar-refractivity contribution in [1.29, 1.82) is 0 Å². The number of aliphatic hydroxyl groups is 1. The first-order valence-corrected chi connectivity index (χ1v) is 11.5. The molecule has 0 amide bonds. The van der Waals surface area contributed by atoms with Crippen molar-refractivity contribution >= 4 is 15.8 Å². The third-order valence-electron chi connectivity index (χ3n) is 4.99. The monoisotopic (exact) mass is 459 g/mol. The molecule has 0 spiro atoms. The lowest BCUT2D eigenvalue weighted by Gasteiger charge is -2.19. The van der Waals surface area contributed by atoms with Crippen LogP contribution in [-0.4, -0.2) is 43.7 Å². The molecule has 1 aromatic heterocycles. The molecule has 0 saturated heterocycles. The Kier molecular flexibility index (Phi) is 5.74. The number of H-pyrrole nitrogens is 1. The molecule has 10 heteroatoms. The van der Waals surface area contributed by atoms with Crippen molar-refractivity contribution in [3.63, 3.8) is 0 Å². The van der Waals surface area contributed by atoms with E-state index in [-0.39, 0.29) is 42.0 Å². The second-order valence-corrected chi connectivity index (χ2v) is 9.98. The van der Waals surface area contributed by atoms with Gasteiger partial charge in [-0.2, -0.15) is 0 Å². The molecule has 0 unspecified atom stereocenters. The van der Waals surface area contributed by atoms with Crippen LogP contribution in [0.3, 0.4) is 0 Å². The van der Waals surface area contributed by atoms with Crippen LogP contribution in [0.25, 0.3) is 11.1 Å². The normalized spacial score (nSPS) is 13.2. The van der Waals surface area contributed by atoms with E-state index in [0.717, 1.165) is 5.56 Å². The van der Waals surface area contributed by atoms with Gasteiger partial charge in [0.1, 0.15) is 12.4 Å². The van der Waals surface area contributed by atoms with Gasteiger partial charge in [-0.1, -0.05) is 39.0 Å². The Morgan fingerprint density at radius 2 is 1.84 bits per heavy atom. The van der Waals surface area contributed by atoms with Gasteiger partial charge < -0.3 is 19.3 Å². The van der Waals surface area contributed by atoms with Crippen molar-refractivity contribution in [1.82, 2.24) is 10.2 Å². The Hall–Kier alpha value is -3.24. The maximum Gasteiger partial charge on any atom is 0.263 e. The van der Waals surface area contributed by atoms with Gasteiger partial charge >= 0.3 is 0 Å². The fourth-order valence-electron chi connectivity index (χ4n) is 3.29. The quantitative estimate of drug-likeness (QED) is 0.495. The standard InChI is InChI=1S/C22H25N3O6S/c1-22(2,3)15-5-7-16(8-6-15)32(27,28)25-20-19(21(24-23-20)29-11-10-26)14-4-9-17-18(12-14)31-13-30-17/h4-9,12,26H,10-11,13H2,1-3H3,(H2,23,24,25). The maximum absolute atomic E-state index is 13.1. The highest BCUT2D eigenvalue weighted by Gasteiger charge is 2.25. The maximum atomic E-state index is 13.1. The molecule has 0 aliphatic carbocycles. The van der Waals surface area contributed by atoms with Crippen molar-refractivity contribution in [3.05, 3.63) is 48.0 Å². The minimum Gasteiger partial charge on any atom is -0.474 e. The first-order chi connectivity index (χ1) is 15.2. The van der Waals surface area contributed by atoms with Crippen molar-refractivity contribution in [3.8, 4) is 28.5 Å². The predicted octanol–water partition coefficient (Wildman–Crippen LogP) is 3.27. The Morgan fingerprint density at radius 1 is 1.12 bits per heavy atom. The first-order valence-electron chi connectivity index (χ1n) is 10.0. The summed E-state index contributed by atoms with van der Waals surface area (Å²) in [5.74, 6) is 1.41. The number of aromatic amines is 1. The summed E-state index contributed by atoms with van der Waals surface area (Å²) in [6.07, 6.45) is 0. The van der Waals surface area contributed by atoms with Gasteiger partial charge in [-0.15, -0.1) is 5.10 Å².